The highest BCUT2D eigenvalue weighted by Gasteiger charge is 2.39. The summed E-state index contributed by atoms with van der Waals surface area (Å²) in [6, 6.07) is 11.7. The summed E-state index contributed by atoms with van der Waals surface area (Å²) in [5.41, 5.74) is 2.98. The molecule has 2 heterocycles. The van der Waals surface area contributed by atoms with E-state index in [2.05, 4.69) is 26.6 Å². The van der Waals surface area contributed by atoms with Crippen molar-refractivity contribution in [3.05, 3.63) is 71.3 Å². The van der Waals surface area contributed by atoms with Crippen LogP contribution in [0.2, 0.25) is 0 Å². The Balaban J connectivity index is 1.37. The van der Waals surface area contributed by atoms with E-state index < -0.39 is 59.9 Å². The van der Waals surface area contributed by atoms with Crippen molar-refractivity contribution in [2.45, 2.75) is 108 Å². The van der Waals surface area contributed by atoms with E-state index in [0.29, 0.717) is 51.6 Å². The van der Waals surface area contributed by atoms with Crippen LogP contribution in [-0.2, 0) is 48.0 Å². The van der Waals surface area contributed by atoms with Gasteiger partial charge >= 0.3 is 0 Å². The minimum absolute atomic E-state index is 0.129. The zero-order valence-electron chi connectivity index (χ0n) is 29.4. The number of rotatable bonds is 6. The maximum atomic E-state index is 14.0. The molecule has 6 N–H and O–H groups in total. The van der Waals surface area contributed by atoms with Crippen molar-refractivity contribution in [1.29, 1.82) is 0 Å². The van der Waals surface area contributed by atoms with Crippen molar-refractivity contribution in [2.75, 3.05) is 13.1 Å². The molecule has 0 aromatic heterocycles. The Hall–Kier alpha value is -4.78. The van der Waals surface area contributed by atoms with Crippen molar-refractivity contribution in [1.82, 2.24) is 31.5 Å². The number of amides is 6. The summed E-state index contributed by atoms with van der Waals surface area (Å²) in [6.45, 7) is 3.69. The van der Waals surface area contributed by atoms with E-state index in [-0.39, 0.29) is 37.0 Å². The fourth-order valence-electron chi connectivity index (χ4n) is 7.20. The number of hydrogen-bond acceptors (Lipinski definition) is 7. The van der Waals surface area contributed by atoms with E-state index in [4.69, 9.17) is 0 Å². The molecule has 274 valence electrons. The fourth-order valence-corrected chi connectivity index (χ4v) is 7.20. The van der Waals surface area contributed by atoms with E-state index in [1.807, 2.05) is 54.6 Å². The lowest BCUT2D eigenvalue weighted by molar-refractivity contribution is -0.142. The fraction of sp³-hybridized carbons (Fsp3) is 0.526. The van der Waals surface area contributed by atoms with E-state index >= 15 is 0 Å². The van der Waals surface area contributed by atoms with Gasteiger partial charge in [0.15, 0.2) is 0 Å². The molecule has 3 aliphatic rings. The third-order valence-electron chi connectivity index (χ3n) is 10.1. The smallest absolute Gasteiger partial charge is 0.246 e. The molecule has 0 bridgehead atoms. The molecule has 2 saturated heterocycles. The summed E-state index contributed by atoms with van der Waals surface area (Å²) in [5.74, 6) is -3.33. The summed E-state index contributed by atoms with van der Waals surface area (Å²) >= 11 is 0. The number of aliphatic hydroxyl groups excluding tert-OH is 1. The Kier molecular flexibility index (Phi) is 12.8. The van der Waals surface area contributed by atoms with Crippen LogP contribution < -0.4 is 26.6 Å². The number of nitrogens with zero attached hydrogens (tertiary/aromatic N) is 1. The van der Waals surface area contributed by atoms with Crippen LogP contribution in [0.3, 0.4) is 0 Å². The second kappa shape index (κ2) is 17.4. The third-order valence-corrected chi connectivity index (χ3v) is 10.1. The molecule has 6 atom stereocenters. The zero-order valence-corrected chi connectivity index (χ0v) is 29.4. The molecule has 6 amide bonds. The topological polar surface area (TPSA) is 186 Å². The maximum absolute atomic E-state index is 14.0. The number of carbonyl (C=O) groups excluding carboxylic acids is 6. The van der Waals surface area contributed by atoms with Gasteiger partial charge in [-0.15, -0.1) is 0 Å². The quantitative estimate of drug-likeness (QED) is 0.255. The third kappa shape index (κ3) is 9.52. The Morgan fingerprint density at radius 1 is 0.824 bits per heavy atom. The van der Waals surface area contributed by atoms with Gasteiger partial charge in [0, 0.05) is 25.4 Å². The molecule has 2 aliphatic heterocycles. The number of nitrogens with one attached hydrogen (secondary N) is 5. The van der Waals surface area contributed by atoms with Crippen molar-refractivity contribution in [3.8, 4) is 0 Å². The summed E-state index contributed by atoms with van der Waals surface area (Å²) in [7, 11) is 0. The molecule has 2 aromatic carbocycles. The van der Waals surface area contributed by atoms with Gasteiger partial charge in [0.05, 0.1) is 6.10 Å². The van der Waals surface area contributed by atoms with Crippen LogP contribution in [0, 0.1) is 5.92 Å². The predicted octanol–water partition coefficient (Wildman–Crippen LogP) is 0.665. The molecular formula is C38H50N6O7. The highest BCUT2D eigenvalue weighted by Crippen LogP contribution is 2.27. The normalized spacial score (nSPS) is 26.3. The molecule has 0 radical (unpaired) electrons. The SMILES string of the molecule is CC[C@@H]1NC(=O)[C@@H](NC(=O)C2Cc3ccccc3C2)CCCCNC(=O)[C@@H]2CCCN2C(=O)[C@@H](Cc2ccccc2)NC(=O)[C@H]([C@@H](C)O)NC1=O. The molecule has 2 fully saturated rings. The molecular weight excluding hydrogens is 652 g/mol. The highest BCUT2D eigenvalue weighted by molar-refractivity contribution is 5.97. The van der Waals surface area contributed by atoms with E-state index in [1.54, 1.807) is 6.92 Å². The second-order valence-electron chi connectivity index (χ2n) is 13.9. The summed E-state index contributed by atoms with van der Waals surface area (Å²) < 4.78 is 0. The van der Waals surface area contributed by atoms with Gasteiger partial charge in [0.2, 0.25) is 35.4 Å². The van der Waals surface area contributed by atoms with Gasteiger partial charge < -0.3 is 36.6 Å². The number of fused-ring (bicyclic) bond motifs is 2. The molecule has 0 unspecified atom stereocenters. The number of benzene rings is 2. The molecule has 13 heteroatoms. The van der Waals surface area contributed by atoms with Crippen LogP contribution in [0.1, 0.15) is 69.1 Å². The Morgan fingerprint density at radius 3 is 2.16 bits per heavy atom. The first-order chi connectivity index (χ1) is 24.5. The van der Waals surface area contributed by atoms with E-state index in [9.17, 15) is 33.9 Å². The number of aliphatic hydroxyl groups is 1. The summed E-state index contributed by atoms with van der Waals surface area (Å²) in [6.07, 6.45) is 2.43. The van der Waals surface area contributed by atoms with Gasteiger partial charge in [-0.2, -0.15) is 0 Å². The summed E-state index contributed by atoms with van der Waals surface area (Å²) in [5, 5.41) is 24.5. The van der Waals surface area contributed by atoms with Crippen LogP contribution in [0.25, 0.3) is 0 Å². The number of hydrogen-bond donors (Lipinski definition) is 6. The van der Waals surface area contributed by atoms with Crippen LogP contribution in [0.15, 0.2) is 54.6 Å². The van der Waals surface area contributed by atoms with E-state index in [0.717, 1.165) is 16.7 Å². The average Bonchev–Trinajstić information content (AvgIpc) is 3.79. The van der Waals surface area contributed by atoms with Gasteiger partial charge in [-0.1, -0.05) is 61.5 Å². The Bertz CT molecular complexity index is 1560. The molecule has 0 saturated carbocycles. The first-order valence-electron chi connectivity index (χ1n) is 18.1. The highest BCUT2D eigenvalue weighted by atomic mass is 16.3. The Labute approximate surface area is 298 Å². The van der Waals surface area contributed by atoms with Crippen LogP contribution in [0.4, 0.5) is 0 Å². The van der Waals surface area contributed by atoms with Crippen LogP contribution >= 0.6 is 0 Å². The summed E-state index contributed by atoms with van der Waals surface area (Å²) in [4.78, 5) is 83.3. The first-order valence-corrected chi connectivity index (χ1v) is 18.1. The zero-order chi connectivity index (χ0) is 36.5. The van der Waals surface area contributed by atoms with Gasteiger partial charge in [-0.25, -0.2) is 0 Å². The lowest BCUT2D eigenvalue weighted by atomic mass is 10.0. The number of carbonyl (C=O) groups is 6. The first kappa shape index (κ1) is 37.5. The van der Waals surface area contributed by atoms with Gasteiger partial charge in [-0.3, -0.25) is 28.8 Å². The second-order valence-corrected chi connectivity index (χ2v) is 13.9. The predicted molar refractivity (Wildman–Crippen MR) is 189 cm³/mol. The van der Waals surface area contributed by atoms with Crippen molar-refractivity contribution in [2.24, 2.45) is 5.92 Å². The van der Waals surface area contributed by atoms with Crippen LogP contribution in [-0.4, -0.2) is 94.9 Å². The molecule has 2 aromatic rings. The Morgan fingerprint density at radius 2 is 1.49 bits per heavy atom. The minimum atomic E-state index is -1.45. The van der Waals surface area contributed by atoms with Crippen LogP contribution in [0.5, 0.6) is 0 Å². The monoisotopic (exact) mass is 702 g/mol. The molecule has 0 spiro atoms. The molecule has 5 rings (SSSR count). The molecule has 13 nitrogen and oxygen atoms in total. The van der Waals surface area contributed by atoms with Gasteiger partial charge in [0.1, 0.15) is 30.2 Å². The lowest BCUT2D eigenvalue weighted by Crippen LogP contribution is -2.61. The average molecular weight is 703 g/mol. The van der Waals surface area contributed by atoms with Crippen molar-refractivity contribution < 1.29 is 33.9 Å². The molecule has 1 aliphatic carbocycles. The van der Waals surface area contributed by atoms with Crippen molar-refractivity contribution in [3.63, 3.8) is 0 Å². The molecule has 51 heavy (non-hydrogen) atoms. The largest absolute Gasteiger partial charge is 0.391 e. The van der Waals surface area contributed by atoms with Gasteiger partial charge in [-0.05, 0) is 75.0 Å². The van der Waals surface area contributed by atoms with Crippen molar-refractivity contribution >= 4 is 35.4 Å². The lowest BCUT2D eigenvalue weighted by Gasteiger charge is -2.30. The minimum Gasteiger partial charge on any atom is -0.391 e. The van der Waals surface area contributed by atoms with E-state index in [1.165, 1.54) is 11.8 Å². The maximum Gasteiger partial charge on any atom is 0.246 e. The standard InChI is InChI=1S/C38H50N6O7/c1-3-28-34(47)43-32(23(2)45)37(50)42-30(20-24-12-5-4-6-13-24)38(51)44-19-11-17-31(44)36(49)39-18-10-9-16-29(35(48)40-28)41-33(46)27-21-25-14-7-8-15-26(25)22-27/h4-8,12-15,23,27-32,45H,3,9-11,16-22H2,1-2H3,(H,39,49)(H,40,48)(H,41,46)(H,42,50)(H,43,47)/t23-,28+,29+,30-,31+,32+/m1/s1. The van der Waals surface area contributed by atoms with Gasteiger partial charge in [0.25, 0.3) is 0 Å².